The Morgan fingerprint density at radius 1 is 1.56 bits per heavy atom. The minimum atomic E-state index is 0.0220. The van der Waals surface area contributed by atoms with Gasteiger partial charge in [0.05, 0.1) is 6.54 Å². The van der Waals surface area contributed by atoms with Gasteiger partial charge in [-0.3, -0.25) is 0 Å². The fourth-order valence-electron chi connectivity index (χ4n) is 1.51. The van der Waals surface area contributed by atoms with Crippen LogP contribution < -0.4 is 10.6 Å². The summed E-state index contributed by atoms with van der Waals surface area (Å²) in [6.07, 6.45) is 8.21. The Morgan fingerprint density at radius 2 is 2.31 bits per heavy atom. The average Bonchev–Trinajstić information content (AvgIpc) is 2.29. The normalized spacial score (nSPS) is 11.9. The van der Waals surface area contributed by atoms with Crippen LogP contribution in [0, 0.1) is 12.3 Å². The Hall–Kier alpha value is -1.53. The largest absolute Gasteiger partial charge is 0.345 e. The number of nitrogens with zero attached hydrogens (tertiary/aromatic N) is 2. The molecule has 0 fully saturated rings. The van der Waals surface area contributed by atoms with Gasteiger partial charge in [-0.2, -0.15) is 0 Å². The average molecular weight is 217 g/mol. The molecule has 3 heteroatoms. The zero-order valence-corrected chi connectivity index (χ0v) is 9.98. The van der Waals surface area contributed by atoms with E-state index in [-0.39, 0.29) is 6.04 Å². The molecule has 0 saturated carbocycles. The van der Waals surface area contributed by atoms with Crippen molar-refractivity contribution in [2.75, 3.05) is 18.0 Å². The molecule has 0 aromatic carbocycles. The third-order valence-corrected chi connectivity index (χ3v) is 2.40. The van der Waals surface area contributed by atoms with E-state index in [1.165, 1.54) is 0 Å². The molecule has 0 bridgehead atoms. The van der Waals surface area contributed by atoms with Crippen molar-refractivity contribution in [1.29, 1.82) is 0 Å². The molecule has 0 aliphatic heterocycles. The van der Waals surface area contributed by atoms with Gasteiger partial charge < -0.3 is 10.6 Å². The first-order chi connectivity index (χ1) is 7.69. The SMILES string of the molecule is C#CCN(CCC)c1ccc(C(C)N)cn1. The summed E-state index contributed by atoms with van der Waals surface area (Å²) in [6, 6.07) is 4.01. The maximum atomic E-state index is 5.77. The molecular formula is C13H19N3. The van der Waals surface area contributed by atoms with Gasteiger partial charge in [-0.25, -0.2) is 4.98 Å². The van der Waals surface area contributed by atoms with E-state index in [0.717, 1.165) is 24.3 Å². The highest BCUT2D eigenvalue weighted by molar-refractivity contribution is 5.41. The first-order valence-corrected chi connectivity index (χ1v) is 5.59. The lowest BCUT2D eigenvalue weighted by molar-refractivity contribution is 0.791. The lowest BCUT2D eigenvalue weighted by atomic mass is 10.1. The molecule has 1 heterocycles. The third kappa shape index (κ3) is 3.25. The van der Waals surface area contributed by atoms with Crippen molar-refractivity contribution in [1.82, 2.24) is 4.98 Å². The zero-order valence-electron chi connectivity index (χ0n) is 9.98. The standard InChI is InChI=1S/C13H19N3/c1-4-8-16(9-5-2)13-7-6-12(10-15-13)11(3)14/h1,6-7,10-11H,5,8-9,14H2,2-3H3. The maximum Gasteiger partial charge on any atom is 0.129 e. The maximum absolute atomic E-state index is 5.77. The molecule has 1 atom stereocenters. The van der Waals surface area contributed by atoms with Crippen molar-refractivity contribution in [3.8, 4) is 12.3 Å². The lowest BCUT2D eigenvalue weighted by Gasteiger charge is -2.20. The van der Waals surface area contributed by atoms with E-state index < -0.39 is 0 Å². The van der Waals surface area contributed by atoms with Crippen LogP contribution in [0.5, 0.6) is 0 Å². The predicted molar refractivity (Wildman–Crippen MR) is 68.2 cm³/mol. The fraction of sp³-hybridized carbons (Fsp3) is 0.462. The van der Waals surface area contributed by atoms with Crippen molar-refractivity contribution >= 4 is 5.82 Å². The van der Waals surface area contributed by atoms with Gasteiger partial charge in [-0.1, -0.05) is 18.9 Å². The molecule has 0 spiro atoms. The second-order valence-electron chi connectivity index (χ2n) is 3.86. The van der Waals surface area contributed by atoms with Crippen LogP contribution in [0.15, 0.2) is 18.3 Å². The van der Waals surface area contributed by atoms with Crippen LogP contribution >= 0.6 is 0 Å². The predicted octanol–water partition coefficient (Wildman–Crippen LogP) is 1.95. The molecule has 1 aromatic rings. The molecule has 1 unspecified atom stereocenters. The van der Waals surface area contributed by atoms with Gasteiger partial charge in [0.25, 0.3) is 0 Å². The molecule has 0 aliphatic carbocycles. The third-order valence-electron chi connectivity index (χ3n) is 2.40. The Kier molecular flexibility index (Phi) is 4.81. The van der Waals surface area contributed by atoms with E-state index in [1.807, 2.05) is 25.3 Å². The minimum absolute atomic E-state index is 0.0220. The zero-order chi connectivity index (χ0) is 12.0. The summed E-state index contributed by atoms with van der Waals surface area (Å²) >= 11 is 0. The van der Waals surface area contributed by atoms with E-state index in [0.29, 0.717) is 6.54 Å². The highest BCUT2D eigenvalue weighted by atomic mass is 15.2. The Balaban J connectivity index is 2.81. The monoisotopic (exact) mass is 217 g/mol. The molecule has 2 N–H and O–H groups in total. The Morgan fingerprint density at radius 3 is 2.75 bits per heavy atom. The number of anilines is 1. The second-order valence-corrected chi connectivity index (χ2v) is 3.86. The van der Waals surface area contributed by atoms with Gasteiger partial charge in [0, 0.05) is 18.8 Å². The minimum Gasteiger partial charge on any atom is -0.345 e. The van der Waals surface area contributed by atoms with Crippen LogP contribution in [0.25, 0.3) is 0 Å². The topological polar surface area (TPSA) is 42.1 Å². The van der Waals surface area contributed by atoms with Crippen molar-refractivity contribution in [3.05, 3.63) is 23.9 Å². The van der Waals surface area contributed by atoms with Gasteiger partial charge >= 0.3 is 0 Å². The lowest BCUT2D eigenvalue weighted by Crippen LogP contribution is -2.25. The van der Waals surface area contributed by atoms with E-state index in [2.05, 4.69) is 22.7 Å². The number of pyridine rings is 1. The van der Waals surface area contributed by atoms with E-state index in [4.69, 9.17) is 12.2 Å². The molecule has 0 radical (unpaired) electrons. The molecule has 0 saturated heterocycles. The van der Waals surface area contributed by atoms with Gasteiger partial charge in [-0.05, 0) is 25.0 Å². The summed E-state index contributed by atoms with van der Waals surface area (Å²) in [7, 11) is 0. The van der Waals surface area contributed by atoms with E-state index >= 15 is 0 Å². The Bertz CT molecular complexity index is 348. The summed E-state index contributed by atoms with van der Waals surface area (Å²) in [5.41, 5.74) is 6.81. The summed E-state index contributed by atoms with van der Waals surface area (Å²) in [5, 5.41) is 0. The van der Waals surface area contributed by atoms with Crippen LogP contribution in [0.4, 0.5) is 5.82 Å². The molecule has 0 amide bonds. The summed E-state index contributed by atoms with van der Waals surface area (Å²) in [6.45, 7) is 5.59. The number of terminal acetylenes is 1. The number of nitrogens with two attached hydrogens (primary N) is 1. The number of hydrogen-bond acceptors (Lipinski definition) is 3. The molecule has 16 heavy (non-hydrogen) atoms. The first kappa shape index (κ1) is 12.5. The molecular weight excluding hydrogens is 198 g/mol. The molecule has 86 valence electrons. The number of aromatic nitrogens is 1. The summed E-state index contributed by atoms with van der Waals surface area (Å²) in [4.78, 5) is 6.48. The highest BCUT2D eigenvalue weighted by Crippen LogP contribution is 2.14. The summed E-state index contributed by atoms with van der Waals surface area (Å²) in [5.74, 6) is 3.57. The van der Waals surface area contributed by atoms with Crippen LogP contribution in [0.1, 0.15) is 31.9 Å². The summed E-state index contributed by atoms with van der Waals surface area (Å²) < 4.78 is 0. The number of hydrogen-bond donors (Lipinski definition) is 1. The molecule has 0 aliphatic rings. The van der Waals surface area contributed by atoms with Crippen molar-refractivity contribution < 1.29 is 0 Å². The molecule has 1 aromatic heterocycles. The van der Waals surface area contributed by atoms with Crippen LogP contribution in [0.2, 0.25) is 0 Å². The second kappa shape index (κ2) is 6.14. The smallest absolute Gasteiger partial charge is 0.129 e. The number of rotatable bonds is 5. The quantitative estimate of drug-likeness (QED) is 0.766. The van der Waals surface area contributed by atoms with Crippen molar-refractivity contribution in [2.45, 2.75) is 26.3 Å². The van der Waals surface area contributed by atoms with Gasteiger partial charge in [0.1, 0.15) is 5.82 Å². The van der Waals surface area contributed by atoms with Crippen molar-refractivity contribution in [3.63, 3.8) is 0 Å². The molecule has 3 nitrogen and oxygen atoms in total. The van der Waals surface area contributed by atoms with Crippen LogP contribution in [0.3, 0.4) is 0 Å². The Labute approximate surface area is 97.7 Å². The van der Waals surface area contributed by atoms with E-state index in [1.54, 1.807) is 0 Å². The van der Waals surface area contributed by atoms with E-state index in [9.17, 15) is 0 Å². The van der Waals surface area contributed by atoms with Crippen LogP contribution in [-0.4, -0.2) is 18.1 Å². The molecule has 1 rings (SSSR count). The van der Waals surface area contributed by atoms with Gasteiger partial charge in [-0.15, -0.1) is 6.42 Å². The highest BCUT2D eigenvalue weighted by Gasteiger charge is 2.06. The van der Waals surface area contributed by atoms with Crippen LogP contribution in [-0.2, 0) is 0 Å². The van der Waals surface area contributed by atoms with Gasteiger partial charge in [0.2, 0.25) is 0 Å². The van der Waals surface area contributed by atoms with Crippen molar-refractivity contribution in [2.24, 2.45) is 5.73 Å². The fourth-order valence-corrected chi connectivity index (χ4v) is 1.51. The van der Waals surface area contributed by atoms with Gasteiger partial charge in [0.15, 0.2) is 0 Å². The first-order valence-electron chi connectivity index (χ1n) is 5.59.